The zero-order valence-electron chi connectivity index (χ0n) is 9.46. The summed E-state index contributed by atoms with van der Waals surface area (Å²) in [6.45, 7) is 6.03. The van der Waals surface area contributed by atoms with E-state index in [0.29, 0.717) is 18.9 Å². The van der Waals surface area contributed by atoms with Crippen molar-refractivity contribution >= 4 is 5.91 Å². The van der Waals surface area contributed by atoms with Gasteiger partial charge in [-0.25, -0.2) is 0 Å². The van der Waals surface area contributed by atoms with Gasteiger partial charge in [-0.2, -0.15) is 0 Å². The number of aliphatic hydroxyl groups is 1. The van der Waals surface area contributed by atoms with Crippen molar-refractivity contribution in [2.45, 2.75) is 44.6 Å². The van der Waals surface area contributed by atoms with Crippen LogP contribution in [0.1, 0.15) is 39.0 Å². The van der Waals surface area contributed by atoms with Crippen molar-refractivity contribution in [3.05, 3.63) is 12.7 Å². The molecular weight excluding hydrogens is 190 g/mol. The smallest absolute Gasteiger partial charge is 0.223 e. The van der Waals surface area contributed by atoms with Crippen molar-refractivity contribution in [3.63, 3.8) is 0 Å². The number of amides is 1. The van der Waals surface area contributed by atoms with E-state index in [2.05, 4.69) is 18.8 Å². The fraction of sp³-hybridized carbons (Fsp3) is 0.750. The number of carbonyl (C=O) groups is 1. The molecule has 2 N–H and O–H groups in total. The van der Waals surface area contributed by atoms with Crippen molar-refractivity contribution in [2.75, 3.05) is 6.54 Å². The van der Waals surface area contributed by atoms with Crippen LogP contribution in [0.5, 0.6) is 0 Å². The lowest BCUT2D eigenvalue weighted by atomic mass is 9.79. The van der Waals surface area contributed by atoms with Crippen LogP contribution in [0.4, 0.5) is 0 Å². The van der Waals surface area contributed by atoms with Gasteiger partial charge in [0.05, 0.1) is 5.60 Å². The zero-order valence-corrected chi connectivity index (χ0v) is 9.46. The highest BCUT2D eigenvalue weighted by molar-refractivity contribution is 5.77. The summed E-state index contributed by atoms with van der Waals surface area (Å²) in [5.74, 6) is 0.497. The monoisotopic (exact) mass is 211 g/mol. The van der Waals surface area contributed by atoms with E-state index in [4.69, 9.17) is 0 Å². The molecule has 0 spiro atoms. The van der Waals surface area contributed by atoms with Crippen molar-refractivity contribution in [3.8, 4) is 0 Å². The minimum Gasteiger partial charge on any atom is -0.388 e. The molecule has 0 aromatic carbocycles. The Morgan fingerprint density at radius 2 is 2.47 bits per heavy atom. The van der Waals surface area contributed by atoms with Crippen LogP contribution in [0.15, 0.2) is 12.7 Å². The van der Waals surface area contributed by atoms with Gasteiger partial charge in [-0.3, -0.25) is 4.79 Å². The van der Waals surface area contributed by atoms with Crippen LogP contribution in [-0.2, 0) is 4.79 Å². The third kappa shape index (κ3) is 4.04. The van der Waals surface area contributed by atoms with Crippen LogP contribution >= 0.6 is 0 Å². The molecule has 2 atom stereocenters. The number of nitrogens with one attached hydrogen (secondary N) is 1. The second-order valence-corrected chi connectivity index (χ2v) is 4.70. The number of hydrogen-bond donors (Lipinski definition) is 2. The number of rotatable bonds is 4. The maximum atomic E-state index is 11.2. The second kappa shape index (κ2) is 5.31. The topological polar surface area (TPSA) is 49.3 Å². The molecule has 0 heterocycles. The molecule has 1 fully saturated rings. The molecule has 3 heteroatoms. The average Bonchev–Trinajstić information content (AvgIpc) is 2.15. The first-order valence-corrected chi connectivity index (χ1v) is 5.66. The maximum Gasteiger partial charge on any atom is 0.223 e. The highest BCUT2D eigenvalue weighted by Crippen LogP contribution is 2.31. The van der Waals surface area contributed by atoms with E-state index in [9.17, 15) is 9.90 Å². The van der Waals surface area contributed by atoms with E-state index in [1.165, 1.54) is 6.42 Å². The summed E-state index contributed by atoms with van der Waals surface area (Å²) in [6.07, 6.45) is 5.72. The van der Waals surface area contributed by atoms with Crippen molar-refractivity contribution in [2.24, 2.45) is 5.92 Å². The summed E-state index contributed by atoms with van der Waals surface area (Å²) in [4.78, 5) is 11.2. The first kappa shape index (κ1) is 12.2. The first-order chi connectivity index (χ1) is 7.06. The molecule has 0 saturated heterocycles. The number of hydrogen-bond acceptors (Lipinski definition) is 2. The molecule has 0 aromatic heterocycles. The number of carbonyl (C=O) groups excluding carboxylic acids is 1. The van der Waals surface area contributed by atoms with Crippen LogP contribution < -0.4 is 5.32 Å². The fourth-order valence-corrected chi connectivity index (χ4v) is 2.26. The predicted octanol–water partition coefficient (Wildman–Crippen LogP) is 1.62. The molecule has 2 unspecified atom stereocenters. The Morgan fingerprint density at radius 1 is 1.73 bits per heavy atom. The largest absolute Gasteiger partial charge is 0.388 e. The van der Waals surface area contributed by atoms with Crippen molar-refractivity contribution in [1.82, 2.24) is 5.32 Å². The molecule has 1 aliphatic rings. The van der Waals surface area contributed by atoms with Gasteiger partial charge in [0.1, 0.15) is 0 Å². The summed E-state index contributed by atoms with van der Waals surface area (Å²) in [7, 11) is 0. The molecule has 3 nitrogen and oxygen atoms in total. The van der Waals surface area contributed by atoms with Crippen LogP contribution in [0.2, 0.25) is 0 Å². The summed E-state index contributed by atoms with van der Waals surface area (Å²) in [5.41, 5.74) is -0.686. The molecule has 1 aliphatic carbocycles. The highest BCUT2D eigenvalue weighted by Gasteiger charge is 2.32. The van der Waals surface area contributed by atoms with E-state index in [1.807, 2.05) is 0 Å². The van der Waals surface area contributed by atoms with Crippen LogP contribution in [-0.4, -0.2) is 23.2 Å². The molecule has 0 bridgehead atoms. The Hall–Kier alpha value is -0.830. The maximum absolute atomic E-state index is 11.2. The Bertz CT molecular complexity index is 240. The molecular formula is C12H21NO2. The standard InChI is InChI=1S/C12H21NO2/c1-3-5-11(14)13-9-12(15)7-4-6-10(2)8-12/h3,10,15H,1,4-9H2,2H3,(H,13,14). The molecule has 86 valence electrons. The Labute approximate surface area is 91.6 Å². The lowest BCUT2D eigenvalue weighted by Crippen LogP contribution is -2.45. The van der Waals surface area contributed by atoms with Gasteiger partial charge in [-0.15, -0.1) is 6.58 Å². The minimum absolute atomic E-state index is 0.0587. The molecule has 0 aliphatic heterocycles. The molecule has 1 amide bonds. The van der Waals surface area contributed by atoms with E-state index in [-0.39, 0.29) is 5.91 Å². The Morgan fingerprint density at radius 3 is 3.07 bits per heavy atom. The van der Waals surface area contributed by atoms with Gasteiger partial charge < -0.3 is 10.4 Å². The highest BCUT2D eigenvalue weighted by atomic mass is 16.3. The molecule has 0 aromatic rings. The van der Waals surface area contributed by atoms with Crippen LogP contribution in [0.25, 0.3) is 0 Å². The van der Waals surface area contributed by atoms with E-state index < -0.39 is 5.60 Å². The van der Waals surface area contributed by atoms with E-state index >= 15 is 0 Å². The van der Waals surface area contributed by atoms with Crippen molar-refractivity contribution < 1.29 is 9.90 Å². The molecule has 0 radical (unpaired) electrons. The summed E-state index contributed by atoms with van der Waals surface area (Å²) >= 11 is 0. The second-order valence-electron chi connectivity index (χ2n) is 4.70. The Balaban J connectivity index is 2.35. The van der Waals surface area contributed by atoms with Gasteiger partial charge in [0.25, 0.3) is 0 Å². The normalized spacial score (nSPS) is 30.9. The molecule has 1 rings (SSSR count). The van der Waals surface area contributed by atoms with Gasteiger partial charge in [0.15, 0.2) is 0 Å². The van der Waals surface area contributed by atoms with E-state index in [0.717, 1.165) is 19.3 Å². The lowest BCUT2D eigenvalue weighted by Gasteiger charge is -2.35. The summed E-state index contributed by atoms with van der Waals surface area (Å²) in [5, 5.41) is 13.0. The third-order valence-electron chi connectivity index (χ3n) is 3.01. The Kier molecular flexibility index (Phi) is 4.33. The summed E-state index contributed by atoms with van der Waals surface area (Å²) < 4.78 is 0. The van der Waals surface area contributed by atoms with Gasteiger partial charge in [0.2, 0.25) is 5.91 Å². The summed E-state index contributed by atoms with van der Waals surface area (Å²) in [6, 6.07) is 0. The van der Waals surface area contributed by atoms with Gasteiger partial charge >= 0.3 is 0 Å². The van der Waals surface area contributed by atoms with Crippen LogP contribution in [0.3, 0.4) is 0 Å². The fourth-order valence-electron chi connectivity index (χ4n) is 2.26. The first-order valence-electron chi connectivity index (χ1n) is 5.66. The van der Waals surface area contributed by atoms with Gasteiger partial charge in [-0.05, 0) is 18.8 Å². The lowest BCUT2D eigenvalue weighted by molar-refractivity contribution is -0.122. The third-order valence-corrected chi connectivity index (χ3v) is 3.01. The van der Waals surface area contributed by atoms with Gasteiger partial charge in [0, 0.05) is 13.0 Å². The van der Waals surface area contributed by atoms with E-state index in [1.54, 1.807) is 6.08 Å². The zero-order chi connectivity index (χ0) is 11.3. The molecule has 15 heavy (non-hydrogen) atoms. The van der Waals surface area contributed by atoms with Crippen molar-refractivity contribution in [1.29, 1.82) is 0 Å². The predicted molar refractivity (Wildman–Crippen MR) is 60.4 cm³/mol. The van der Waals surface area contributed by atoms with Gasteiger partial charge in [-0.1, -0.05) is 25.8 Å². The average molecular weight is 211 g/mol. The minimum atomic E-state index is -0.686. The quantitative estimate of drug-likeness (QED) is 0.694. The SMILES string of the molecule is C=CCC(=O)NCC1(O)CCCC(C)C1. The van der Waals surface area contributed by atoms with Crippen LogP contribution in [0, 0.1) is 5.92 Å². The molecule has 1 saturated carbocycles.